The number of hydrogen-bond acceptors (Lipinski definition) is 4. The van der Waals surface area contributed by atoms with Crippen LogP contribution in [0.1, 0.15) is 34.0 Å². The van der Waals surface area contributed by atoms with Crippen molar-refractivity contribution in [2.45, 2.75) is 20.5 Å². The van der Waals surface area contributed by atoms with Gasteiger partial charge < -0.3 is 14.2 Å². The molecule has 0 aliphatic carbocycles. The number of rotatable bonds is 6. The molecule has 4 nitrogen and oxygen atoms in total. The summed E-state index contributed by atoms with van der Waals surface area (Å²) in [6.07, 6.45) is 1.72. The Labute approximate surface area is 180 Å². The topological polar surface area (TPSA) is 44.8 Å². The molecule has 3 aromatic carbocycles. The van der Waals surface area contributed by atoms with E-state index in [0.717, 1.165) is 16.7 Å². The second-order valence-electron chi connectivity index (χ2n) is 6.89. The number of ether oxygens (including phenoxy) is 3. The molecule has 0 amide bonds. The lowest BCUT2D eigenvalue weighted by Gasteiger charge is -2.12. The highest BCUT2D eigenvalue weighted by Crippen LogP contribution is 2.40. The minimum atomic E-state index is -0.152. The van der Waals surface area contributed by atoms with E-state index in [1.54, 1.807) is 18.2 Å². The fraction of sp³-hybridized carbons (Fsp3) is 0.160. The molecule has 0 unspecified atom stereocenters. The quantitative estimate of drug-likeness (QED) is 0.442. The summed E-state index contributed by atoms with van der Waals surface area (Å²) in [6, 6.07) is 18.6. The van der Waals surface area contributed by atoms with Crippen molar-refractivity contribution in [3.63, 3.8) is 0 Å². The minimum Gasteiger partial charge on any atom is -0.493 e. The van der Waals surface area contributed by atoms with Gasteiger partial charge in [-0.1, -0.05) is 41.9 Å². The summed E-state index contributed by atoms with van der Waals surface area (Å²) >= 11 is 6.04. The summed E-state index contributed by atoms with van der Waals surface area (Å²) in [5.74, 6) is 2.02. The predicted molar refractivity (Wildman–Crippen MR) is 118 cm³/mol. The molecule has 4 rings (SSSR count). The van der Waals surface area contributed by atoms with Crippen LogP contribution in [-0.2, 0) is 6.61 Å². The van der Waals surface area contributed by atoms with E-state index in [9.17, 15) is 4.79 Å². The molecule has 0 saturated carbocycles. The number of fused-ring (bicyclic) bond motifs is 1. The number of halogens is 1. The number of carbonyl (C=O) groups is 1. The van der Waals surface area contributed by atoms with E-state index >= 15 is 0 Å². The maximum Gasteiger partial charge on any atom is 0.231 e. The molecular weight excluding hydrogens is 400 g/mol. The second kappa shape index (κ2) is 8.64. The molecular formula is C25H21ClO4. The lowest BCUT2D eigenvalue weighted by atomic mass is 10.1. The van der Waals surface area contributed by atoms with Gasteiger partial charge in [-0.3, -0.25) is 4.79 Å². The number of carbonyl (C=O) groups excluding carboxylic acids is 1. The van der Waals surface area contributed by atoms with Gasteiger partial charge in [0, 0.05) is 16.1 Å². The number of Topliss-reactive ketones (excluding diaryl/α,β-unsaturated/α-hetero) is 1. The number of allylic oxidation sites excluding steroid dienone is 1. The molecule has 5 heteroatoms. The van der Waals surface area contributed by atoms with Crippen molar-refractivity contribution in [3.8, 4) is 17.2 Å². The Kier molecular flexibility index (Phi) is 5.77. The lowest BCUT2D eigenvalue weighted by Crippen LogP contribution is -1.99. The van der Waals surface area contributed by atoms with E-state index in [2.05, 4.69) is 0 Å². The Morgan fingerprint density at radius 3 is 2.63 bits per heavy atom. The first kappa shape index (κ1) is 20.0. The van der Waals surface area contributed by atoms with Gasteiger partial charge in [-0.15, -0.1) is 0 Å². The fourth-order valence-electron chi connectivity index (χ4n) is 3.34. The maximum absolute atomic E-state index is 12.9. The number of ketones is 1. The summed E-state index contributed by atoms with van der Waals surface area (Å²) in [6.45, 7) is 4.72. The number of hydrogen-bond donors (Lipinski definition) is 0. The average molecular weight is 421 g/mol. The first-order valence-corrected chi connectivity index (χ1v) is 10.1. The van der Waals surface area contributed by atoms with Crippen molar-refractivity contribution in [1.82, 2.24) is 0 Å². The van der Waals surface area contributed by atoms with Gasteiger partial charge in [0.25, 0.3) is 0 Å². The second-order valence-corrected chi connectivity index (χ2v) is 7.33. The van der Waals surface area contributed by atoms with Crippen LogP contribution in [0.2, 0.25) is 5.02 Å². The van der Waals surface area contributed by atoms with Crippen LogP contribution in [0.5, 0.6) is 17.2 Å². The summed E-state index contributed by atoms with van der Waals surface area (Å²) in [7, 11) is 0. The third-order valence-corrected chi connectivity index (χ3v) is 5.06. The standard InChI is InChI=1S/C25H21ClO4/c1-3-28-22-10-5-4-8-18(22)14-23-24(27)20-11-12-21(16(2)25(20)30-23)29-15-17-7-6-9-19(26)13-17/h4-14H,3,15H2,1-2H3/b23-14-. The van der Waals surface area contributed by atoms with Crippen LogP contribution < -0.4 is 14.2 Å². The van der Waals surface area contributed by atoms with Gasteiger partial charge in [0.2, 0.25) is 5.78 Å². The Hall–Kier alpha value is -3.24. The van der Waals surface area contributed by atoms with Crippen LogP contribution in [-0.4, -0.2) is 12.4 Å². The summed E-state index contributed by atoms with van der Waals surface area (Å²) < 4.78 is 17.6. The van der Waals surface area contributed by atoms with Crippen molar-refractivity contribution in [2.24, 2.45) is 0 Å². The largest absolute Gasteiger partial charge is 0.493 e. The van der Waals surface area contributed by atoms with Gasteiger partial charge in [-0.2, -0.15) is 0 Å². The molecule has 0 aromatic heterocycles. The Bertz CT molecular complexity index is 1130. The molecule has 3 aromatic rings. The highest BCUT2D eigenvalue weighted by Gasteiger charge is 2.30. The normalized spacial score (nSPS) is 13.8. The molecule has 0 saturated heterocycles. The summed E-state index contributed by atoms with van der Waals surface area (Å²) in [4.78, 5) is 12.9. The van der Waals surface area contributed by atoms with Crippen LogP contribution in [0.15, 0.2) is 66.4 Å². The fourth-order valence-corrected chi connectivity index (χ4v) is 3.55. The molecule has 0 spiro atoms. The van der Waals surface area contributed by atoms with Crippen LogP contribution in [0.3, 0.4) is 0 Å². The van der Waals surface area contributed by atoms with E-state index in [-0.39, 0.29) is 11.5 Å². The van der Waals surface area contributed by atoms with Gasteiger partial charge in [0.05, 0.1) is 12.2 Å². The Balaban J connectivity index is 1.58. The van der Waals surface area contributed by atoms with Gasteiger partial charge in [-0.25, -0.2) is 0 Å². The van der Waals surface area contributed by atoms with Crippen molar-refractivity contribution in [3.05, 3.63) is 93.7 Å². The third-order valence-electron chi connectivity index (χ3n) is 4.83. The smallest absolute Gasteiger partial charge is 0.231 e. The lowest BCUT2D eigenvalue weighted by molar-refractivity contribution is 0.101. The van der Waals surface area contributed by atoms with Gasteiger partial charge in [-0.05, 0) is 55.8 Å². The zero-order valence-corrected chi connectivity index (χ0v) is 17.5. The monoisotopic (exact) mass is 420 g/mol. The van der Waals surface area contributed by atoms with Crippen LogP contribution in [0.25, 0.3) is 6.08 Å². The molecule has 0 bridgehead atoms. The molecule has 30 heavy (non-hydrogen) atoms. The summed E-state index contributed by atoms with van der Waals surface area (Å²) in [5.41, 5.74) is 3.07. The first-order chi connectivity index (χ1) is 14.6. The zero-order chi connectivity index (χ0) is 21.1. The van der Waals surface area contributed by atoms with Crippen molar-refractivity contribution < 1.29 is 19.0 Å². The maximum atomic E-state index is 12.9. The highest BCUT2D eigenvalue weighted by molar-refractivity contribution is 6.30. The average Bonchev–Trinajstić information content (AvgIpc) is 3.06. The van der Waals surface area contributed by atoms with Crippen LogP contribution >= 0.6 is 11.6 Å². The molecule has 0 radical (unpaired) electrons. The van der Waals surface area contributed by atoms with Crippen molar-refractivity contribution in [1.29, 1.82) is 0 Å². The van der Waals surface area contributed by atoms with Crippen molar-refractivity contribution in [2.75, 3.05) is 6.61 Å². The van der Waals surface area contributed by atoms with E-state index in [1.165, 1.54) is 0 Å². The molecule has 0 fully saturated rings. The molecule has 0 atom stereocenters. The zero-order valence-electron chi connectivity index (χ0n) is 16.8. The van der Waals surface area contributed by atoms with Gasteiger partial charge in [0.1, 0.15) is 23.9 Å². The van der Waals surface area contributed by atoms with E-state index in [0.29, 0.717) is 41.0 Å². The van der Waals surface area contributed by atoms with Crippen molar-refractivity contribution >= 4 is 23.5 Å². The molecule has 1 heterocycles. The predicted octanol–water partition coefficient (Wildman–Crippen LogP) is 6.24. The van der Waals surface area contributed by atoms with Gasteiger partial charge >= 0.3 is 0 Å². The minimum absolute atomic E-state index is 0.152. The Morgan fingerprint density at radius 2 is 1.83 bits per heavy atom. The number of benzene rings is 3. The summed E-state index contributed by atoms with van der Waals surface area (Å²) in [5, 5.41) is 0.665. The number of para-hydroxylation sites is 1. The third kappa shape index (κ3) is 4.05. The molecule has 1 aliphatic heterocycles. The Morgan fingerprint density at radius 1 is 1.00 bits per heavy atom. The van der Waals surface area contributed by atoms with Gasteiger partial charge in [0.15, 0.2) is 5.76 Å². The van der Waals surface area contributed by atoms with Crippen LogP contribution in [0.4, 0.5) is 0 Å². The van der Waals surface area contributed by atoms with Crippen LogP contribution in [0, 0.1) is 6.92 Å². The van der Waals surface area contributed by atoms with E-state index < -0.39 is 0 Å². The molecule has 1 aliphatic rings. The molecule has 0 N–H and O–H groups in total. The van der Waals surface area contributed by atoms with E-state index in [4.69, 9.17) is 25.8 Å². The molecule has 152 valence electrons. The SMILES string of the molecule is CCOc1ccccc1/C=C1\Oc2c(ccc(OCc3cccc(Cl)c3)c2C)C1=O. The first-order valence-electron chi connectivity index (χ1n) is 9.73. The van der Waals surface area contributed by atoms with E-state index in [1.807, 2.05) is 62.4 Å². The highest BCUT2D eigenvalue weighted by atomic mass is 35.5.